The fraction of sp³-hybridized carbons (Fsp3) is 0.588. The number of thiazole rings is 1. The lowest BCUT2D eigenvalue weighted by molar-refractivity contribution is 0.114. The summed E-state index contributed by atoms with van der Waals surface area (Å²) in [6, 6.07) is 9.40. The number of nitrogens with zero attached hydrogens (tertiary/aromatic N) is 2. The molecular formula is C17H24N2OS. The smallest absolute Gasteiger partial charge is 0.0954 e. The average Bonchev–Trinajstić information content (AvgIpc) is 3.03. The molecule has 0 spiro atoms. The molecule has 1 saturated heterocycles. The summed E-state index contributed by atoms with van der Waals surface area (Å²) < 4.78 is 1.28. The molecule has 1 aromatic carbocycles. The predicted molar refractivity (Wildman–Crippen MR) is 88.8 cm³/mol. The summed E-state index contributed by atoms with van der Waals surface area (Å²) in [5, 5.41) is 10.9. The van der Waals surface area contributed by atoms with Gasteiger partial charge in [-0.15, -0.1) is 11.3 Å². The number of rotatable bonds is 5. The second-order valence-electron chi connectivity index (χ2n) is 6.25. The van der Waals surface area contributed by atoms with Crippen molar-refractivity contribution in [1.82, 2.24) is 9.88 Å². The molecule has 1 aliphatic heterocycles. The van der Waals surface area contributed by atoms with Crippen molar-refractivity contribution in [1.29, 1.82) is 0 Å². The molecule has 0 bridgehead atoms. The largest absolute Gasteiger partial charge is 0.393 e. The third kappa shape index (κ3) is 3.44. The minimum absolute atomic E-state index is 0.203. The van der Waals surface area contributed by atoms with E-state index in [1.165, 1.54) is 22.5 Å². The summed E-state index contributed by atoms with van der Waals surface area (Å²) in [5.74, 6) is 0. The Morgan fingerprint density at radius 2 is 2.19 bits per heavy atom. The van der Waals surface area contributed by atoms with Gasteiger partial charge >= 0.3 is 0 Å². The van der Waals surface area contributed by atoms with E-state index in [0.717, 1.165) is 24.9 Å². The van der Waals surface area contributed by atoms with Gasteiger partial charge in [-0.1, -0.05) is 12.1 Å². The zero-order chi connectivity index (χ0) is 14.8. The minimum Gasteiger partial charge on any atom is -0.393 e. The first-order valence-corrected chi connectivity index (χ1v) is 8.73. The first-order valence-electron chi connectivity index (χ1n) is 7.91. The van der Waals surface area contributed by atoms with Crippen molar-refractivity contribution >= 4 is 21.6 Å². The van der Waals surface area contributed by atoms with E-state index in [9.17, 15) is 5.11 Å². The van der Waals surface area contributed by atoms with E-state index in [1.807, 2.05) is 24.3 Å². The highest BCUT2D eigenvalue weighted by molar-refractivity contribution is 7.18. The van der Waals surface area contributed by atoms with Crippen molar-refractivity contribution in [2.45, 2.75) is 57.7 Å². The van der Waals surface area contributed by atoms with Gasteiger partial charge in [0.25, 0.3) is 0 Å². The molecule has 0 saturated carbocycles. The van der Waals surface area contributed by atoms with Gasteiger partial charge in [0, 0.05) is 18.5 Å². The average molecular weight is 304 g/mol. The molecule has 1 aromatic heterocycles. The predicted octanol–water partition coefficient (Wildman–Crippen LogP) is 3.46. The number of aliphatic hydroxyl groups is 1. The van der Waals surface area contributed by atoms with Crippen LogP contribution in [0.5, 0.6) is 0 Å². The van der Waals surface area contributed by atoms with Gasteiger partial charge in [-0.05, 0) is 51.8 Å². The van der Waals surface area contributed by atoms with Crippen molar-refractivity contribution in [3.63, 3.8) is 0 Å². The molecule has 0 radical (unpaired) electrons. The molecule has 1 aliphatic rings. The number of aliphatic hydroxyl groups excluding tert-OH is 1. The van der Waals surface area contributed by atoms with Crippen LogP contribution in [0.3, 0.4) is 0 Å². The van der Waals surface area contributed by atoms with Gasteiger partial charge in [0.15, 0.2) is 0 Å². The van der Waals surface area contributed by atoms with Crippen molar-refractivity contribution in [2.75, 3.05) is 6.54 Å². The molecule has 3 nitrogen and oxygen atoms in total. The van der Waals surface area contributed by atoms with Gasteiger partial charge in [-0.2, -0.15) is 0 Å². The lowest BCUT2D eigenvalue weighted by Gasteiger charge is -2.31. The highest BCUT2D eigenvalue weighted by Crippen LogP contribution is 2.28. The molecule has 0 amide bonds. The minimum atomic E-state index is -0.203. The van der Waals surface area contributed by atoms with E-state index in [4.69, 9.17) is 4.98 Å². The lowest BCUT2D eigenvalue weighted by Crippen LogP contribution is -2.39. The molecular weight excluding hydrogens is 280 g/mol. The highest BCUT2D eigenvalue weighted by Gasteiger charge is 2.29. The highest BCUT2D eigenvalue weighted by atomic mass is 32.1. The van der Waals surface area contributed by atoms with Crippen LogP contribution in [0.4, 0.5) is 0 Å². The zero-order valence-corrected chi connectivity index (χ0v) is 13.6. The van der Waals surface area contributed by atoms with Crippen LogP contribution in [0, 0.1) is 0 Å². The number of para-hydroxylation sites is 1. The maximum absolute atomic E-state index is 9.66. The lowest BCUT2D eigenvalue weighted by atomic mass is 10.1. The Labute approximate surface area is 130 Å². The summed E-state index contributed by atoms with van der Waals surface area (Å²) in [6.45, 7) is 5.35. The van der Waals surface area contributed by atoms with Crippen molar-refractivity contribution in [3.05, 3.63) is 29.3 Å². The van der Waals surface area contributed by atoms with Crippen LogP contribution in [-0.4, -0.2) is 39.7 Å². The van der Waals surface area contributed by atoms with Gasteiger partial charge in [0.2, 0.25) is 0 Å². The van der Waals surface area contributed by atoms with Crippen LogP contribution in [0.25, 0.3) is 10.2 Å². The van der Waals surface area contributed by atoms with Gasteiger partial charge < -0.3 is 5.11 Å². The third-order valence-electron chi connectivity index (χ3n) is 4.41. The Bertz CT molecular complexity index is 562. The van der Waals surface area contributed by atoms with E-state index in [2.05, 4.69) is 30.0 Å². The topological polar surface area (TPSA) is 36.4 Å². The van der Waals surface area contributed by atoms with E-state index < -0.39 is 0 Å². The van der Waals surface area contributed by atoms with E-state index in [1.54, 1.807) is 0 Å². The maximum Gasteiger partial charge on any atom is 0.0954 e. The van der Waals surface area contributed by atoms with Gasteiger partial charge in [0.1, 0.15) is 0 Å². The van der Waals surface area contributed by atoms with Crippen molar-refractivity contribution in [3.8, 4) is 0 Å². The summed E-state index contributed by atoms with van der Waals surface area (Å²) in [7, 11) is 0. The van der Waals surface area contributed by atoms with Gasteiger partial charge in [0.05, 0.1) is 21.3 Å². The van der Waals surface area contributed by atoms with Crippen LogP contribution >= 0.6 is 11.3 Å². The molecule has 2 aromatic rings. The first kappa shape index (κ1) is 14.9. The fourth-order valence-electron chi connectivity index (χ4n) is 3.46. The number of benzene rings is 1. The van der Waals surface area contributed by atoms with Gasteiger partial charge in [-0.3, -0.25) is 4.90 Å². The van der Waals surface area contributed by atoms with Gasteiger partial charge in [-0.25, -0.2) is 4.98 Å². The number of likely N-dealkylation sites (tertiary alicyclic amines) is 1. The number of hydrogen-bond donors (Lipinski definition) is 1. The zero-order valence-electron chi connectivity index (χ0n) is 12.8. The van der Waals surface area contributed by atoms with Crippen LogP contribution in [0.2, 0.25) is 0 Å². The SMILES string of the molecule is CC(O)CC1CCCN1C(C)Cc1nc2ccccc2s1. The molecule has 0 aliphatic carbocycles. The van der Waals surface area contributed by atoms with E-state index in [-0.39, 0.29) is 6.10 Å². The monoisotopic (exact) mass is 304 g/mol. The summed E-state index contributed by atoms with van der Waals surface area (Å²) in [5.41, 5.74) is 1.12. The Hall–Kier alpha value is -0.970. The second kappa shape index (κ2) is 6.42. The first-order chi connectivity index (χ1) is 10.1. The summed E-state index contributed by atoms with van der Waals surface area (Å²) in [6.07, 6.45) is 4.17. The molecule has 1 N–H and O–H groups in total. The Kier molecular flexibility index (Phi) is 4.57. The third-order valence-corrected chi connectivity index (χ3v) is 5.47. The second-order valence-corrected chi connectivity index (χ2v) is 7.36. The molecule has 114 valence electrons. The molecule has 1 fully saturated rings. The Morgan fingerprint density at radius 3 is 2.95 bits per heavy atom. The van der Waals surface area contributed by atoms with E-state index >= 15 is 0 Å². The summed E-state index contributed by atoms with van der Waals surface area (Å²) >= 11 is 1.81. The normalized spacial score (nSPS) is 22.7. The van der Waals surface area contributed by atoms with Crippen molar-refractivity contribution < 1.29 is 5.11 Å². The standard InChI is InChI=1S/C17H24N2OS/c1-12(19-9-5-6-14(19)11-13(2)20)10-17-18-15-7-3-4-8-16(15)21-17/h3-4,7-8,12-14,20H,5-6,9-11H2,1-2H3. The molecule has 2 heterocycles. The molecule has 3 atom stereocenters. The molecule has 3 rings (SSSR count). The number of aromatic nitrogens is 1. The fourth-order valence-corrected chi connectivity index (χ4v) is 4.55. The quantitative estimate of drug-likeness (QED) is 0.919. The molecule has 3 unspecified atom stereocenters. The number of fused-ring (bicyclic) bond motifs is 1. The van der Waals surface area contributed by atoms with Crippen LogP contribution in [0.15, 0.2) is 24.3 Å². The Balaban J connectivity index is 1.68. The van der Waals surface area contributed by atoms with Crippen LogP contribution in [-0.2, 0) is 6.42 Å². The maximum atomic E-state index is 9.66. The van der Waals surface area contributed by atoms with Crippen molar-refractivity contribution in [2.24, 2.45) is 0 Å². The summed E-state index contributed by atoms with van der Waals surface area (Å²) in [4.78, 5) is 7.32. The molecule has 21 heavy (non-hydrogen) atoms. The van der Waals surface area contributed by atoms with E-state index in [0.29, 0.717) is 12.1 Å². The van der Waals surface area contributed by atoms with Crippen LogP contribution < -0.4 is 0 Å². The number of hydrogen-bond acceptors (Lipinski definition) is 4. The molecule has 4 heteroatoms. The Morgan fingerprint density at radius 1 is 1.38 bits per heavy atom. The van der Waals surface area contributed by atoms with Crippen LogP contribution in [0.1, 0.15) is 38.1 Å².